The Kier molecular flexibility index (Phi) is 5.49. The summed E-state index contributed by atoms with van der Waals surface area (Å²) < 4.78 is 8.54. The second kappa shape index (κ2) is 8.93. The van der Waals surface area contributed by atoms with Crippen LogP contribution in [0.3, 0.4) is 0 Å². The summed E-state index contributed by atoms with van der Waals surface area (Å²) in [5, 5.41) is 9.08. The van der Waals surface area contributed by atoms with Crippen LogP contribution in [-0.4, -0.2) is 58.7 Å². The van der Waals surface area contributed by atoms with E-state index >= 15 is 0 Å². The number of aromatic nitrogens is 3. The van der Waals surface area contributed by atoms with Crippen molar-refractivity contribution in [2.75, 3.05) is 44.6 Å². The molecule has 0 unspecified atom stereocenters. The first-order valence-corrected chi connectivity index (χ1v) is 11.8. The highest BCUT2D eigenvalue weighted by molar-refractivity contribution is 6.06. The first-order chi connectivity index (χ1) is 16.8. The molecule has 0 saturated carbocycles. The Morgan fingerprint density at radius 3 is 2.71 bits per heavy atom. The molecule has 1 saturated heterocycles. The maximum Gasteiger partial charge on any atom is 0.232 e. The van der Waals surface area contributed by atoms with Crippen LogP contribution in [0.2, 0.25) is 0 Å². The van der Waals surface area contributed by atoms with Gasteiger partial charge in [0.25, 0.3) is 0 Å². The molecule has 2 aromatic carbocycles. The summed E-state index contributed by atoms with van der Waals surface area (Å²) >= 11 is 0. The Labute approximate surface area is 198 Å². The van der Waals surface area contributed by atoms with Gasteiger partial charge in [0, 0.05) is 74.5 Å². The molecule has 1 fully saturated rings. The highest BCUT2D eigenvalue weighted by atomic mass is 16.3. The molecule has 0 atom stereocenters. The number of benzene rings is 2. The van der Waals surface area contributed by atoms with Crippen molar-refractivity contribution in [3.05, 3.63) is 67.1 Å². The number of piperazine rings is 1. The molecule has 3 aromatic heterocycles. The molecule has 34 heavy (non-hydrogen) atoms. The van der Waals surface area contributed by atoms with Gasteiger partial charge < -0.3 is 19.6 Å². The summed E-state index contributed by atoms with van der Waals surface area (Å²) in [7, 11) is 2.06. The minimum atomic E-state index is 0.599. The molecule has 6 rings (SSSR count). The van der Waals surface area contributed by atoms with Crippen molar-refractivity contribution in [1.29, 1.82) is 0 Å². The highest BCUT2D eigenvalue weighted by Gasteiger charge is 2.22. The maximum atomic E-state index is 6.42. The van der Waals surface area contributed by atoms with Crippen molar-refractivity contribution in [2.45, 2.75) is 0 Å². The van der Waals surface area contributed by atoms with Crippen LogP contribution >= 0.6 is 0 Å². The molecule has 1 aliphatic rings. The Morgan fingerprint density at radius 1 is 1.00 bits per heavy atom. The Bertz CT molecular complexity index is 1430. The molecule has 172 valence electrons. The SMILES string of the molecule is Cn1ccc2cc(-c3oc4ncnc(NCCN5CCNCC5)c4c3-c3ccccc3)ccc21. The zero-order valence-electron chi connectivity index (χ0n) is 19.3. The number of rotatable bonds is 6. The van der Waals surface area contributed by atoms with Crippen molar-refractivity contribution in [3.8, 4) is 22.5 Å². The summed E-state index contributed by atoms with van der Waals surface area (Å²) in [6.07, 6.45) is 3.66. The summed E-state index contributed by atoms with van der Waals surface area (Å²) in [4.78, 5) is 11.6. The zero-order chi connectivity index (χ0) is 22.9. The van der Waals surface area contributed by atoms with E-state index in [0.29, 0.717) is 5.71 Å². The maximum absolute atomic E-state index is 6.42. The third-order valence-corrected chi connectivity index (χ3v) is 6.63. The van der Waals surface area contributed by atoms with Crippen LogP contribution in [-0.2, 0) is 7.05 Å². The second-order valence-corrected chi connectivity index (χ2v) is 8.79. The molecule has 0 spiro atoms. The molecule has 5 aromatic rings. The zero-order valence-corrected chi connectivity index (χ0v) is 19.3. The van der Waals surface area contributed by atoms with Gasteiger partial charge in [0.2, 0.25) is 5.71 Å². The molecule has 4 heterocycles. The van der Waals surface area contributed by atoms with E-state index in [0.717, 1.165) is 72.9 Å². The van der Waals surface area contributed by atoms with Crippen LogP contribution in [0.1, 0.15) is 0 Å². The minimum Gasteiger partial charge on any atom is -0.437 e. The number of furan rings is 1. The fourth-order valence-corrected chi connectivity index (χ4v) is 4.84. The number of hydrogen-bond donors (Lipinski definition) is 2. The van der Waals surface area contributed by atoms with E-state index in [-0.39, 0.29) is 0 Å². The van der Waals surface area contributed by atoms with Crippen molar-refractivity contribution in [2.24, 2.45) is 7.05 Å². The number of anilines is 1. The molecule has 7 heteroatoms. The third-order valence-electron chi connectivity index (χ3n) is 6.63. The lowest BCUT2D eigenvalue weighted by Crippen LogP contribution is -2.45. The van der Waals surface area contributed by atoms with Crippen molar-refractivity contribution in [3.63, 3.8) is 0 Å². The number of hydrogen-bond acceptors (Lipinski definition) is 6. The van der Waals surface area contributed by atoms with Crippen molar-refractivity contribution >= 4 is 27.8 Å². The molecule has 7 nitrogen and oxygen atoms in total. The van der Waals surface area contributed by atoms with Gasteiger partial charge in [-0.05, 0) is 29.8 Å². The van der Waals surface area contributed by atoms with E-state index in [1.165, 1.54) is 10.9 Å². The topological polar surface area (TPSA) is 71.2 Å². The molecular formula is C27H28N6O. The van der Waals surface area contributed by atoms with Gasteiger partial charge in [0.1, 0.15) is 17.9 Å². The third kappa shape index (κ3) is 3.83. The monoisotopic (exact) mass is 452 g/mol. The fourth-order valence-electron chi connectivity index (χ4n) is 4.84. The van der Waals surface area contributed by atoms with Crippen LogP contribution in [0.5, 0.6) is 0 Å². The van der Waals surface area contributed by atoms with Gasteiger partial charge in [-0.15, -0.1) is 0 Å². The summed E-state index contributed by atoms with van der Waals surface area (Å²) in [6, 6.07) is 19.0. The first-order valence-electron chi connectivity index (χ1n) is 11.8. The lowest BCUT2D eigenvalue weighted by atomic mass is 9.98. The average Bonchev–Trinajstić information content (AvgIpc) is 3.46. The van der Waals surface area contributed by atoms with E-state index in [2.05, 4.69) is 91.8 Å². The molecule has 2 N–H and O–H groups in total. The number of nitrogens with zero attached hydrogens (tertiary/aromatic N) is 4. The summed E-state index contributed by atoms with van der Waals surface area (Å²) in [5.74, 6) is 1.63. The fraction of sp³-hybridized carbons (Fsp3) is 0.259. The van der Waals surface area contributed by atoms with Gasteiger partial charge in [-0.25, -0.2) is 9.97 Å². The molecule has 0 radical (unpaired) electrons. The Hall–Kier alpha value is -3.68. The largest absolute Gasteiger partial charge is 0.437 e. The number of aryl methyl sites for hydroxylation is 1. The van der Waals surface area contributed by atoms with Crippen LogP contribution in [0.4, 0.5) is 5.82 Å². The summed E-state index contributed by atoms with van der Waals surface area (Å²) in [5.41, 5.74) is 4.93. The van der Waals surface area contributed by atoms with Gasteiger partial charge in [0.05, 0.1) is 5.39 Å². The molecular weight excluding hydrogens is 424 g/mol. The van der Waals surface area contributed by atoms with Gasteiger partial charge in [0.15, 0.2) is 0 Å². The lowest BCUT2D eigenvalue weighted by Gasteiger charge is -2.27. The van der Waals surface area contributed by atoms with E-state index in [9.17, 15) is 0 Å². The predicted molar refractivity (Wildman–Crippen MR) is 137 cm³/mol. The van der Waals surface area contributed by atoms with Gasteiger partial charge in [-0.2, -0.15) is 0 Å². The first kappa shape index (κ1) is 20.9. The smallest absolute Gasteiger partial charge is 0.232 e. The van der Waals surface area contributed by atoms with Gasteiger partial charge in [-0.3, -0.25) is 4.90 Å². The van der Waals surface area contributed by atoms with Crippen LogP contribution in [0.15, 0.2) is 71.5 Å². The number of fused-ring (bicyclic) bond motifs is 2. The molecule has 0 aliphatic carbocycles. The van der Waals surface area contributed by atoms with E-state index in [1.807, 2.05) is 6.07 Å². The van der Waals surface area contributed by atoms with E-state index in [1.54, 1.807) is 6.33 Å². The lowest BCUT2D eigenvalue weighted by molar-refractivity contribution is 0.249. The highest BCUT2D eigenvalue weighted by Crippen LogP contribution is 2.43. The Morgan fingerprint density at radius 2 is 1.85 bits per heavy atom. The van der Waals surface area contributed by atoms with E-state index < -0.39 is 0 Å². The van der Waals surface area contributed by atoms with Crippen molar-refractivity contribution < 1.29 is 4.42 Å². The second-order valence-electron chi connectivity index (χ2n) is 8.79. The normalized spacial score (nSPS) is 14.7. The molecule has 1 aliphatic heterocycles. The quantitative estimate of drug-likeness (QED) is 0.399. The van der Waals surface area contributed by atoms with Crippen LogP contribution in [0, 0.1) is 0 Å². The summed E-state index contributed by atoms with van der Waals surface area (Å²) in [6.45, 7) is 6.04. The van der Waals surface area contributed by atoms with Crippen LogP contribution in [0.25, 0.3) is 44.5 Å². The molecule has 0 bridgehead atoms. The number of nitrogens with one attached hydrogen (secondary N) is 2. The van der Waals surface area contributed by atoms with Gasteiger partial charge >= 0.3 is 0 Å². The Balaban J connectivity index is 1.44. The van der Waals surface area contributed by atoms with Gasteiger partial charge in [-0.1, -0.05) is 30.3 Å². The molecule has 0 amide bonds. The standard InChI is InChI=1S/C27H28N6O/c1-32-13-9-20-17-21(7-8-22(20)32)25-23(19-5-3-2-4-6-19)24-26(30-18-31-27(24)34-25)29-12-16-33-14-10-28-11-15-33/h2-9,13,17-18,28H,10-12,14-16H2,1H3,(H,29,30,31). The van der Waals surface area contributed by atoms with E-state index in [4.69, 9.17) is 4.42 Å². The average molecular weight is 453 g/mol. The predicted octanol–water partition coefficient (Wildman–Crippen LogP) is 4.37. The van der Waals surface area contributed by atoms with Crippen LogP contribution < -0.4 is 10.6 Å². The minimum absolute atomic E-state index is 0.599. The van der Waals surface area contributed by atoms with Crippen molar-refractivity contribution in [1.82, 2.24) is 24.8 Å².